The van der Waals surface area contributed by atoms with Crippen molar-refractivity contribution in [3.05, 3.63) is 48.2 Å². The molecule has 2 rings (SSSR count). The van der Waals surface area contributed by atoms with E-state index in [4.69, 9.17) is 5.73 Å². The highest BCUT2D eigenvalue weighted by atomic mass is 32.2. The number of carbonyl (C=O) groups excluding carboxylic acids is 1. The number of hydrogen-bond donors (Lipinski definition) is 2. The number of rotatable bonds is 4. The number of benzene rings is 1. The molecule has 0 unspecified atom stereocenters. The highest BCUT2D eigenvalue weighted by Gasteiger charge is 2.23. The minimum atomic E-state index is -4.01. The predicted molar refractivity (Wildman–Crippen MR) is 77.2 cm³/mol. The highest BCUT2D eigenvalue weighted by molar-refractivity contribution is 7.92. The first-order valence-corrected chi connectivity index (χ1v) is 7.34. The van der Waals surface area contributed by atoms with Gasteiger partial charge in [0, 0.05) is 11.9 Å². The molecule has 1 aromatic heterocycles. The number of hydrogen-bond acceptors (Lipinski definition) is 6. The van der Waals surface area contributed by atoms with Gasteiger partial charge in [-0.2, -0.15) is 0 Å². The molecular weight excluding hydrogens is 294 g/mol. The number of aromatic nitrogens is 1. The summed E-state index contributed by atoms with van der Waals surface area (Å²) in [6, 6.07) is 8.68. The van der Waals surface area contributed by atoms with Crippen LogP contribution in [0.3, 0.4) is 0 Å². The molecule has 0 aliphatic rings. The Labute approximate surface area is 121 Å². The van der Waals surface area contributed by atoms with E-state index in [1.54, 1.807) is 12.1 Å². The lowest BCUT2D eigenvalue weighted by Crippen LogP contribution is -2.18. The summed E-state index contributed by atoms with van der Waals surface area (Å²) >= 11 is 0. The maximum absolute atomic E-state index is 12.4. The van der Waals surface area contributed by atoms with Crippen molar-refractivity contribution in [2.24, 2.45) is 0 Å². The van der Waals surface area contributed by atoms with Crippen molar-refractivity contribution in [2.45, 2.75) is 4.90 Å². The SMILES string of the molecule is COC(=O)c1ccc(N)cc1S(=O)(=O)Nc1ccccn1. The maximum atomic E-state index is 12.4. The number of carbonyl (C=O) groups is 1. The Morgan fingerprint density at radius 1 is 1.29 bits per heavy atom. The molecule has 0 aliphatic carbocycles. The standard InChI is InChI=1S/C13H13N3O4S/c1-20-13(17)10-6-5-9(14)8-11(10)21(18,19)16-12-4-2-3-7-15-12/h2-8H,14H2,1H3,(H,15,16). The average Bonchev–Trinajstić information content (AvgIpc) is 2.47. The van der Waals surface area contributed by atoms with Crippen molar-refractivity contribution >= 4 is 27.5 Å². The van der Waals surface area contributed by atoms with Gasteiger partial charge >= 0.3 is 5.97 Å². The molecule has 0 saturated carbocycles. The Bertz CT molecular complexity index is 760. The van der Waals surface area contributed by atoms with Crippen molar-refractivity contribution in [1.82, 2.24) is 4.98 Å². The van der Waals surface area contributed by atoms with Crippen LogP contribution in [-0.2, 0) is 14.8 Å². The van der Waals surface area contributed by atoms with Crippen LogP contribution in [0.5, 0.6) is 0 Å². The van der Waals surface area contributed by atoms with E-state index >= 15 is 0 Å². The number of esters is 1. The van der Waals surface area contributed by atoms with Gasteiger partial charge in [-0.3, -0.25) is 4.72 Å². The molecule has 0 fully saturated rings. The lowest BCUT2D eigenvalue weighted by molar-refractivity contribution is 0.0596. The number of nitrogens with two attached hydrogens (primary N) is 1. The second-order valence-corrected chi connectivity index (χ2v) is 5.72. The fourth-order valence-corrected chi connectivity index (χ4v) is 2.89. The van der Waals surface area contributed by atoms with Gasteiger partial charge in [0.1, 0.15) is 10.7 Å². The average molecular weight is 307 g/mol. The van der Waals surface area contributed by atoms with Crippen molar-refractivity contribution in [2.75, 3.05) is 17.6 Å². The number of nitrogens with one attached hydrogen (secondary N) is 1. The summed E-state index contributed by atoms with van der Waals surface area (Å²) in [4.78, 5) is 15.3. The lowest BCUT2D eigenvalue weighted by atomic mass is 10.2. The van der Waals surface area contributed by atoms with Gasteiger partial charge in [0.2, 0.25) is 0 Å². The minimum absolute atomic E-state index is 0.102. The van der Waals surface area contributed by atoms with Gasteiger partial charge in [-0.15, -0.1) is 0 Å². The number of anilines is 2. The van der Waals surface area contributed by atoms with Gasteiger partial charge in [-0.25, -0.2) is 18.2 Å². The zero-order valence-corrected chi connectivity index (χ0v) is 11.9. The van der Waals surface area contributed by atoms with Crippen LogP contribution in [-0.4, -0.2) is 26.5 Å². The van der Waals surface area contributed by atoms with Gasteiger partial charge in [0.25, 0.3) is 10.0 Å². The third-order valence-electron chi connectivity index (χ3n) is 2.60. The van der Waals surface area contributed by atoms with Gasteiger partial charge in [0.15, 0.2) is 0 Å². The number of sulfonamides is 1. The summed E-state index contributed by atoms with van der Waals surface area (Å²) < 4.78 is 31.6. The Balaban J connectivity index is 2.49. The summed E-state index contributed by atoms with van der Waals surface area (Å²) in [5, 5.41) is 0. The molecule has 0 amide bonds. The van der Waals surface area contributed by atoms with E-state index in [0.29, 0.717) is 0 Å². The highest BCUT2D eigenvalue weighted by Crippen LogP contribution is 2.22. The fraction of sp³-hybridized carbons (Fsp3) is 0.0769. The van der Waals surface area contributed by atoms with Crippen LogP contribution in [0.15, 0.2) is 47.5 Å². The first kappa shape index (κ1) is 14.8. The number of nitrogens with zero attached hydrogens (tertiary/aromatic N) is 1. The van der Waals surface area contributed by atoms with Crippen LogP contribution in [0, 0.1) is 0 Å². The largest absolute Gasteiger partial charge is 0.465 e. The molecule has 0 radical (unpaired) electrons. The van der Waals surface area contributed by atoms with Crippen LogP contribution < -0.4 is 10.5 Å². The Hall–Kier alpha value is -2.61. The second kappa shape index (κ2) is 5.80. The van der Waals surface area contributed by atoms with Gasteiger partial charge in [-0.05, 0) is 30.3 Å². The van der Waals surface area contributed by atoms with E-state index in [1.165, 1.54) is 37.6 Å². The predicted octanol–water partition coefficient (Wildman–Crippen LogP) is 1.25. The van der Waals surface area contributed by atoms with E-state index in [1.807, 2.05) is 0 Å². The van der Waals surface area contributed by atoms with E-state index in [0.717, 1.165) is 0 Å². The fourth-order valence-electron chi connectivity index (χ4n) is 1.66. The Morgan fingerprint density at radius 3 is 2.67 bits per heavy atom. The Morgan fingerprint density at radius 2 is 2.05 bits per heavy atom. The molecule has 0 bridgehead atoms. The molecule has 0 spiro atoms. The van der Waals surface area contributed by atoms with Crippen molar-refractivity contribution in [3.8, 4) is 0 Å². The number of ether oxygens (including phenoxy) is 1. The van der Waals surface area contributed by atoms with Crippen LogP contribution in [0.4, 0.5) is 11.5 Å². The molecule has 21 heavy (non-hydrogen) atoms. The number of nitrogen functional groups attached to an aromatic ring is 1. The van der Waals surface area contributed by atoms with Gasteiger partial charge in [0.05, 0.1) is 12.7 Å². The van der Waals surface area contributed by atoms with Crippen molar-refractivity contribution < 1.29 is 17.9 Å². The quantitative estimate of drug-likeness (QED) is 0.649. The van der Waals surface area contributed by atoms with E-state index in [-0.39, 0.29) is 22.0 Å². The van der Waals surface area contributed by atoms with E-state index < -0.39 is 16.0 Å². The van der Waals surface area contributed by atoms with Crippen LogP contribution in [0.2, 0.25) is 0 Å². The summed E-state index contributed by atoms with van der Waals surface area (Å²) in [7, 11) is -2.85. The minimum Gasteiger partial charge on any atom is -0.465 e. The number of methoxy groups -OCH3 is 1. The zero-order valence-electron chi connectivity index (χ0n) is 11.1. The zero-order chi connectivity index (χ0) is 15.5. The molecule has 1 aromatic carbocycles. The van der Waals surface area contributed by atoms with Crippen molar-refractivity contribution in [1.29, 1.82) is 0 Å². The summed E-state index contributed by atoms with van der Waals surface area (Å²) in [5.74, 6) is -0.632. The molecular formula is C13H13N3O4S. The molecule has 7 nitrogen and oxygen atoms in total. The third-order valence-corrected chi connectivity index (χ3v) is 4.00. The lowest BCUT2D eigenvalue weighted by Gasteiger charge is -2.11. The topological polar surface area (TPSA) is 111 Å². The normalized spacial score (nSPS) is 10.9. The molecule has 1 heterocycles. The molecule has 0 saturated heterocycles. The second-order valence-electron chi connectivity index (χ2n) is 4.07. The first-order chi connectivity index (χ1) is 9.94. The maximum Gasteiger partial charge on any atom is 0.339 e. The molecule has 8 heteroatoms. The smallest absolute Gasteiger partial charge is 0.339 e. The third kappa shape index (κ3) is 3.29. The van der Waals surface area contributed by atoms with Gasteiger partial charge < -0.3 is 10.5 Å². The first-order valence-electron chi connectivity index (χ1n) is 5.86. The molecule has 110 valence electrons. The summed E-state index contributed by atoms with van der Waals surface area (Å²) in [6.07, 6.45) is 1.44. The molecule has 2 aromatic rings. The van der Waals surface area contributed by atoms with Crippen LogP contribution in [0.25, 0.3) is 0 Å². The summed E-state index contributed by atoms with van der Waals surface area (Å²) in [6.45, 7) is 0. The van der Waals surface area contributed by atoms with Crippen LogP contribution >= 0.6 is 0 Å². The summed E-state index contributed by atoms with van der Waals surface area (Å²) in [5.41, 5.74) is 5.71. The van der Waals surface area contributed by atoms with Gasteiger partial charge in [-0.1, -0.05) is 6.07 Å². The number of pyridine rings is 1. The molecule has 0 atom stereocenters. The van der Waals surface area contributed by atoms with Crippen LogP contribution in [0.1, 0.15) is 10.4 Å². The van der Waals surface area contributed by atoms with E-state index in [9.17, 15) is 13.2 Å². The molecule has 0 aliphatic heterocycles. The molecule has 3 N–H and O–H groups in total. The van der Waals surface area contributed by atoms with Crippen molar-refractivity contribution in [3.63, 3.8) is 0 Å². The monoisotopic (exact) mass is 307 g/mol. The Kier molecular flexibility index (Phi) is 4.08. The van der Waals surface area contributed by atoms with E-state index in [2.05, 4.69) is 14.4 Å².